The van der Waals surface area contributed by atoms with Crippen molar-refractivity contribution in [3.8, 4) is 0 Å². The highest BCUT2D eigenvalue weighted by atomic mass is 32.1. The van der Waals surface area contributed by atoms with Gasteiger partial charge in [-0.3, -0.25) is 0 Å². The second-order valence-electron chi connectivity index (χ2n) is 1.09. The van der Waals surface area contributed by atoms with Crippen LogP contribution in [0.15, 0.2) is 35.2 Å². The number of benzene rings is 1. The van der Waals surface area contributed by atoms with Crippen LogP contribution in [-0.2, 0) is 0 Å². The average molecular weight is 113 g/mol. The lowest BCUT2D eigenvalue weighted by atomic mass is 10.4. The highest BCUT2D eigenvalue weighted by Crippen LogP contribution is 2.00. The van der Waals surface area contributed by atoms with Crippen molar-refractivity contribution in [1.29, 1.82) is 0 Å². The first kappa shape index (κ1) is 2.23. The van der Waals surface area contributed by atoms with E-state index >= 15 is 0 Å². The van der Waals surface area contributed by atoms with Crippen LogP contribution in [-0.4, -0.2) is 0 Å². The topological polar surface area (TPSA) is 0 Å². The van der Waals surface area contributed by atoms with Gasteiger partial charge >= 0.3 is 0 Å². The quantitative estimate of drug-likeness (QED) is 0.489. The Morgan fingerprint density at radius 2 is 2.00 bits per heavy atom. The van der Waals surface area contributed by atoms with Gasteiger partial charge in [-0.15, -0.1) is 12.6 Å². The van der Waals surface area contributed by atoms with Gasteiger partial charge in [0.15, 0.2) is 0 Å². The number of rotatable bonds is 0. The minimum Gasteiger partial charge on any atom is -0.143 e. The molecular weight excluding hydrogens is 104 g/mol. The Kier molecular flexibility index (Phi) is 0.645. The lowest BCUT2D eigenvalue weighted by Crippen LogP contribution is -1.56. The summed E-state index contributed by atoms with van der Waals surface area (Å²) < 4.78 is 21.5. The van der Waals surface area contributed by atoms with Gasteiger partial charge in [-0.25, -0.2) is 0 Å². The van der Waals surface area contributed by atoms with Crippen molar-refractivity contribution in [1.82, 2.24) is 0 Å². The first-order chi connectivity index (χ1) is 4.61. The Hall–Kier alpha value is -0.430. The molecule has 0 saturated carbocycles. The van der Waals surface area contributed by atoms with Crippen LogP contribution in [0, 0.1) is 0 Å². The van der Waals surface area contributed by atoms with E-state index in [1.54, 1.807) is 0 Å². The number of hydrogen-bond donors (Lipinski definition) is 1. The van der Waals surface area contributed by atoms with E-state index in [4.69, 9.17) is 4.11 Å². The molecule has 0 nitrogen and oxygen atoms in total. The Labute approximate surface area is 52.8 Å². The largest absolute Gasteiger partial charge is 0.143 e. The van der Waals surface area contributed by atoms with Crippen molar-refractivity contribution < 1.29 is 4.11 Å². The van der Waals surface area contributed by atoms with E-state index in [1.807, 2.05) is 0 Å². The molecule has 1 rings (SSSR count). The zero-order chi connectivity index (χ0) is 7.72. The number of hydrogen-bond acceptors (Lipinski definition) is 1. The molecular formula is C6H6S. The molecule has 0 aromatic heterocycles. The summed E-state index contributed by atoms with van der Waals surface area (Å²) in [6, 6.07) is 3.19. The normalized spacial score (nSPS) is 14.7. The van der Waals surface area contributed by atoms with E-state index in [2.05, 4.69) is 12.6 Å². The van der Waals surface area contributed by atoms with E-state index in [-0.39, 0.29) is 18.1 Å². The van der Waals surface area contributed by atoms with Crippen molar-refractivity contribution >= 4 is 12.6 Å². The first-order valence-corrected chi connectivity index (χ1v) is 2.33. The Morgan fingerprint density at radius 3 is 2.57 bits per heavy atom. The van der Waals surface area contributed by atoms with Gasteiger partial charge in [0.05, 0.1) is 4.11 Å². The monoisotopic (exact) mass is 113 g/mol. The fraction of sp³-hybridized carbons (Fsp3) is 0. The molecule has 1 heteroatoms. The van der Waals surface area contributed by atoms with Gasteiger partial charge in [0.2, 0.25) is 0 Å². The van der Waals surface area contributed by atoms with Crippen molar-refractivity contribution in [2.45, 2.75) is 4.90 Å². The molecule has 0 unspecified atom stereocenters. The van der Waals surface area contributed by atoms with E-state index in [1.165, 1.54) is 12.1 Å². The van der Waals surface area contributed by atoms with Crippen LogP contribution in [0.5, 0.6) is 0 Å². The highest BCUT2D eigenvalue weighted by molar-refractivity contribution is 7.80. The smallest absolute Gasteiger partial charge is 0.0634 e. The molecule has 0 aliphatic rings. The predicted octanol–water partition coefficient (Wildman–Crippen LogP) is 1.98. The van der Waals surface area contributed by atoms with E-state index in [0.717, 1.165) is 0 Å². The summed E-state index contributed by atoms with van der Waals surface area (Å²) in [7, 11) is 0. The summed E-state index contributed by atoms with van der Waals surface area (Å²) in [6.45, 7) is 0. The van der Waals surface area contributed by atoms with Crippen LogP contribution < -0.4 is 0 Å². The standard InChI is InChI=1S/C6H6S/c7-6-4-2-1-3-5-6/h1-5,7H/i1D,4D,5D. The van der Waals surface area contributed by atoms with Crippen LogP contribution in [0.4, 0.5) is 0 Å². The molecule has 0 saturated heterocycles. The van der Waals surface area contributed by atoms with Crippen molar-refractivity contribution in [2.75, 3.05) is 0 Å². The maximum absolute atomic E-state index is 7.18. The lowest BCUT2D eigenvalue weighted by Gasteiger charge is -1.81. The summed E-state index contributed by atoms with van der Waals surface area (Å²) in [4.78, 5) is 0.330. The molecule has 0 amide bonds. The summed E-state index contributed by atoms with van der Waals surface area (Å²) in [5.41, 5.74) is 0. The van der Waals surface area contributed by atoms with Gasteiger partial charge in [0.1, 0.15) is 0 Å². The molecule has 0 heterocycles. The second kappa shape index (κ2) is 2.03. The van der Waals surface area contributed by atoms with Crippen LogP contribution >= 0.6 is 12.6 Å². The minimum absolute atomic E-state index is 0.140. The summed E-state index contributed by atoms with van der Waals surface area (Å²) in [6.07, 6.45) is 0. The van der Waals surface area contributed by atoms with Gasteiger partial charge in [-0.05, 0) is 12.1 Å². The second-order valence-corrected chi connectivity index (χ2v) is 1.54. The van der Waals surface area contributed by atoms with Crippen LogP contribution in [0.1, 0.15) is 4.11 Å². The SMILES string of the molecule is [2H]c1cc([2H])c(S)c([2H])c1. The summed E-state index contributed by atoms with van der Waals surface area (Å²) in [5, 5.41) is 0. The maximum Gasteiger partial charge on any atom is 0.0634 e. The highest BCUT2D eigenvalue weighted by Gasteiger charge is 1.73. The number of thiol groups is 1. The molecule has 0 bridgehead atoms. The lowest BCUT2D eigenvalue weighted by molar-refractivity contribution is 1.48. The van der Waals surface area contributed by atoms with Gasteiger partial charge in [-0.2, -0.15) is 0 Å². The molecule has 0 atom stereocenters. The third kappa shape index (κ3) is 1.24. The predicted molar refractivity (Wildman–Crippen MR) is 33.7 cm³/mol. The maximum atomic E-state index is 7.18. The van der Waals surface area contributed by atoms with Crippen LogP contribution in [0.2, 0.25) is 0 Å². The molecule has 7 heavy (non-hydrogen) atoms. The molecule has 1 aromatic carbocycles. The van der Waals surface area contributed by atoms with Gasteiger partial charge < -0.3 is 0 Å². The molecule has 0 aliphatic heterocycles. The Morgan fingerprint density at radius 1 is 1.43 bits per heavy atom. The van der Waals surface area contributed by atoms with Crippen molar-refractivity contribution in [3.05, 3.63) is 30.3 Å². The molecule has 0 spiro atoms. The average Bonchev–Trinajstić information content (AvgIpc) is 1.82. The van der Waals surface area contributed by atoms with Crippen LogP contribution in [0.25, 0.3) is 0 Å². The molecule has 36 valence electrons. The third-order valence-electron chi connectivity index (χ3n) is 0.584. The Balaban J connectivity index is 3.31. The van der Waals surface area contributed by atoms with Crippen LogP contribution in [0.3, 0.4) is 0 Å². The van der Waals surface area contributed by atoms with E-state index in [0.29, 0.717) is 4.90 Å². The van der Waals surface area contributed by atoms with Gasteiger partial charge in [0.25, 0.3) is 0 Å². The van der Waals surface area contributed by atoms with Gasteiger partial charge in [-0.1, -0.05) is 18.2 Å². The van der Waals surface area contributed by atoms with Crippen molar-refractivity contribution in [2.24, 2.45) is 0 Å². The molecule has 0 radical (unpaired) electrons. The summed E-state index contributed by atoms with van der Waals surface area (Å²) >= 11 is 3.90. The zero-order valence-electron chi connectivity index (χ0n) is 6.60. The molecule has 0 N–H and O–H groups in total. The van der Waals surface area contributed by atoms with E-state index in [9.17, 15) is 0 Å². The third-order valence-corrected chi connectivity index (χ3v) is 0.843. The Bertz CT molecular complexity index is 236. The fourth-order valence-corrected chi connectivity index (χ4v) is 0.432. The van der Waals surface area contributed by atoms with E-state index < -0.39 is 0 Å². The molecule has 0 fully saturated rings. The van der Waals surface area contributed by atoms with Gasteiger partial charge in [0, 0.05) is 4.90 Å². The molecule has 0 aliphatic carbocycles. The van der Waals surface area contributed by atoms with Crippen molar-refractivity contribution in [3.63, 3.8) is 0 Å². The summed E-state index contributed by atoms with van der Waals surface area (Å²) in [5.74, 6) is 0. The first-order valence-electron chi connectivity index (χ1n) is 3.38. The zero-order valence-corrected chi connectivity index (χ0v) is 4.50. The molecule has 1 aromatic rings. The minimum atomic E-state index is 0.140. The fourth-order valence-electron chi connectivity index (χ4n) is 0.303.